The number of ether oxygens (including phenoxy) is 1. The molecule has 48 nitrogen and oxygen atoms in total. The van der Waals surface area contributed by atoms with Crippen LogP contribution in [0.4, 0.5) is 0 Å². The molecule has 21 amide bonds. The van der Waals surface area contributed by atoms with Crippen molar-refractivity contribution < 1.29 is 120 Å². The van der Waals surface area contributed by atoms with E-state index >= 15 is 38.4 Å². The van der Waals surface area contributed by atoms with Gasteiger partial charge in [0.15, 0.2) is 0 Å². The number of esters is 1. The third kappa shape index (κ3) is 32.9. The van der Waals surface area contributed by atoms with Crippen LogP contribution in [0.3, 0.4) is 0 Å². The van der Waals surface area contributed by atoms with Crippen molar-refractivity contribution in [1.82, 2.24) is 97.9 Å². The maximum absolute atomic E-state index is 16.2. The number of nitrogens with zero attached hydrogens (tertiary/aromatic N) is 6. The first-order valence-electron chi connectivity index (χ1n) is 48.0. The third-order valence-electron chi connectivity index (χ3n) is 25.2. The highest BCUT2D eigenvalue weighted by atomic mass is 32.2. The van der Waals surface area contributed by atoms with Gasteiger partial charge in [-0.25, -0.2) is 0 Å². The van der Waals surface area contributed by atoms with Crippen LogP contribution in [0.5, 0.6) is 5.75 Å². The molecule has 8 rings (SSSR count). The number of phenolic OH excluding ortho intramolecular Hbond substituents is 1. The number of phenols is 1. The second-order valence-electron chi connectivity index (χ2n) is 37.2. The number of nitrogens with two attached hydrogens (primary N) is 4. The molecule has 790 valence electrons. The molecule has 0 saturated carbocycles. The number of aromatic hydroxyl groups is 1. The number of primary amides is 4. The Balaban J connectivity index is 1.26. The van der Waals surface area contributed by atoms with Gasteiger partial charge >= 0.3 is 29.6 Å². The quantitative estimate of drug-likeness (QED) is 0.0165. The lowest BCUT2D eigenvalue weighted by atomic mass is 9.99. The highest BCUT2D eigenvalue weighted by Gasteiger charge is 2.47. The molecule has 3 fully saturated rings. The molecule has 49 heteroatoms. The number of nitrogens with one attached hydrogen (secondary N) is 13. The number of rotatable bonds is 28. The van der Waals surface area contributed by atoms with Crippen molar-refractivity contribution in [3.63, 3.8) is 0 Å². The zero-order valence-electron chi connectivity index (χ0n) is 83.1. The Hall–Kier alpha value is -14.8. The number of likely N-dealkylation sites (N-methyl/N-ethyl adjacent to an activating group) is 3. The average molecular weight is 2040 g/mol. The molecule has 3 saturated heterocycles. The Kier molecular flexibility index (Phi) is 43.5. The van der Waals surface area contributed by atoms with Gasteiger partial charge in [-0.3, -0.25) is 105 Å². The first kappa shape index (κ1) is 115. The Morgan fingerprint density at radius 2 is 1.06 bits per heavy atom. The molecule has 0 unspecified atom stereocenters. The number of unbranched alkanes of at least 4 members (excludes halogenated alkanes) is 2. The van der Waals surface area contributed by atoms with Crippen molar-refractivity contribution in [3.05, 3.63) is 102 Å². The molecule has 145 heavy (non-hydrogen) atoms. The summed E-state index contributed by atoms with van der Waals surface area (Å²) in [5, 5.41) is 53.2. The summed E-state index contributed by atoms with van der Waals surface area (Å²) in [6, 6.07) is -4.50. The molecule has 3 aromatic carbocycles. The van der Waals surface area contributed by atoms with Crippen LogP contribution < -0.4 is 86.7 Å². The van der Waals surface area contributed by atoms with Gasteiger partial charge in [0.1, 0.15) is 96.9 Å². The number of carbonyl (C=O) groups is 22. The number of hydrogen-bond donors (Lipinski definition) is 19. The van der Waals surface area contributed by atoms with Gasteiger partial charge in [0.05, 0.1) is 31.9 Å². The van der Waals surface area contributed by atoms with Crippen LogP contribution in [0.25, 0.3) is 21.8 Å². The number of aromatic nitrogens is 2. The van der Waals surface area contributed by atoms with E-state index in [1.54, 1.807) is 76.2 Å². The number of aliphatic hydroxyl groups is 1. The molecule has 2 aromatic heterocycles. The topological polar surface area (TPSA) is 711 Å². The number of fused-ring (bicyclic) bond motifs is 4. The fourth-order valence-corrected chi connectivity index (χ4v) is 18.2. The Labute approximate surface area is 841 Å². The van der Waals surface area contributed by atoms with Gasteiger partial charge in [-0.15, -0.1) is 11.8 Å². The van der Waals surface area contributed by atoms with Crippen molar-refractivity contribution in [2.24, 2.45) is 34.8 Å². The molecule has 3 aliphatic rings. The molecule has 0 spiro atoms. The number of aliphatic hydroxyl groups excluding tert-OH is 1. The Bertz CT molecular complexity index is 5580. The minimum Gasteiger partial charge on any atom is -0.508 e. The lowest BCUT2D eigenvalue weighted by molar-refractivity contribution is -0.149. The number of carbonyl (C=O) groups excluding carboxylic acids is 22. The van der Waals surface area contributed by atoms with E-state index in [-0.39, 0.29) is 76.1 Å². The molecular formula is C96H135N23O25S. The number of amides is 21. The maximum atomic E-state index is 16.2. The van der Waals surface area contributed by atoms with Crippen molar-refractivity contribution in [2.45, 2.75) is 248 Å². The van der Waals surface area contributed by atoms with Gasteiger partial charge in [-0.1, -0.05) is 116 Å². The largest absolute Gasteiger partial charge is 0.508 e. The summed E-state index contributed by atoms with van der Waals surface area (Å²) in [5.41, 5.74) is 23.9. The van der Waals surface area contributed by atoms with Crippen LogP contribution in [0, 0.1) is 11.8 Å². The summed E-state index contributed by atoms with van der Waals surface area (Å²) in [6.07, 6.45) is -0.809. The highest BCUT2D eigenvalue weighted by molar-refractivity contribution is 8.00. The maximum Gasteiger partial charge on any atom is 0.325 e. The number of para-hydroxylation sites is 2. The van der Waals surface area contributed by atoms with Crippen molar-refractivity contribution in [2.75, 3.05) is 72.5 Å². The molecule has 15 atom stereocenters. The predicted octanol–water partition coefficient (Wildman–Crippen LogP) is -4.86. The van der Waals surface area contributed by atoms with Gasteiger partial charge in [-0.05, 0) is 105 Å². The van der Waals surface area contributed by atoms with Crippen molar-refractivity contribution in [3.8, 4) is 5.75 Å². The molecule has 5 aromatic rings. The third-order valence-corrected chi connectivity index (χ3v) is 26.3. The van der Waals surface area contributed by atoms with E-state index in [0.717, 1.165) is 36.3 Å². The molecular weight excluding hydrogens is 1910 g/mol. The first-order chi connectivity index (χ1) is 68.6. The Morgan fingerprint density at radius 1 is 0.524 bits per heavy atom. The summed E-state index contributed by atoms with van der Waals surface area (Å²) in [5.74, 6) is -26.1. The molecule has 23 N–H and O–H groups in total. The summed E-state index contributed by atoms with van der Waals surface area (Å²) in [7, 11) is 4.96. The van der Waals surface area contributed by atoms with E-state index in [0.29, 0.717) is 57.8 Å². The lowest BCUT2D eigenvalue weighted by Gasteiger charge is -2.36. The van der Waals surface area contributed by atoms with Gasteiger partial charge in [-0.2, -0.15) is 0 Å². The van der Waals surface area contributed by atoms with Gasteiger partial charge in [0, 0.05) is 113 Å². The minimum absolute atomic E-state index is 0.0471. The summed E-state index contributed by atoms with van der Waals surface area (Å²) >= 11 is 0.749. The number of hydrogen-bond acceptors (Lipinski definition) is 26. The fraction of sp³-hybridized carbons (Fsp3) is 0.542. The van der Waals surface area contributed by atoms with Crippen LogP contribution in [-0.2, 0) is 136 Å². The van der Waals surface area contributed by atoms with Crippen LogP contribution in [0.15, 0.2) is 85.2 Å². The Morgan fingerprint density at radius 3 is 1.70 bits per heavy atom. The molecule has 3 aliphatic heterocycles. The van der Waals surface area contributed by atoms with Gasteiger partial charge in [0.2, 0.25) is 100 Å². The van der Waals surface area contributed by atoms with Crippen LogP contribution in [0.2, 0.25) is 0 Å². The van der Waals surface area contributed by atoms with Gasteiger partial charge in [0.25, 0.3) is 0 Å². The second-order valence-corrected chi connectivity index (χ2v) is 38.2. The number of methoxy groups -OCH3 is 1. The SMILES string of the molecule is CCCC[C@H]1C(=O)N(C)[C@@H](CCCC)C(=O)N[C@@H](CC(C)C)C(=O)N[C@H](C(=O)NCC(N)=O)CSCC(=O)N[C@@H](Cc2ccc(O)cc2)C(=O)N(C)[C@@H](C)C(=O)N[C@@H](CC(N)=O)C(=O)N2CCC[C@H]2C(=O)N[C@@H](CNC(=O)C(N)=O)C(=O)N[C@@H](CC(C)C)C(=O)N2C[C@H](O)C[C@H]2C(=O)N[C@@H](Cc2c[nH]c3ccccc23)C(=O)N[C@@H](CCNC(=O)C(N)=O)C(=O)N[C@@H](Cc2cn(CC(=O)OC)c3ccccc23)C(=O)N1C. The van der Waals surface area contributed by atoms with E-state index in [4.69, 9.17) is 27.7 Å². The number of thioether (sulfide) groups is 1. The number of H-pyrrole nitrogens is 1. The van der Waals surface area contributed by atoms with Gasteiger partial charge < -0.3 is 136 Å². The van der Waals surface area contributed by atoms with Crippen LogP contribution >= 0.6 is 11.8 Å². The second kappa shape index (κ2) is 54.6. The summed E-state index contributed by atoms with van der Waals surface area (Å²) in [4.78, 5) is 324. The number of benzene rings is 3. The smallest absolute Gasteiger partial charge is 0.325 e. The molecule has 0 aliphatic carbocycles. The molecule has 0 bridgehead atoms. The lowest BCUT2D eigenvalue weighted by Crippen LogP contribution is -2.62. The monoisotopic (exact) mass is 2040 g/mol. The zero-order chi connectivity index (χ0) is 107. The molecule has 5 heterocycles. The van der Waals surface area contributed by atoms with E-state index in [2.05, 4.69) is 68.8 Å². The normalized spacial score (nSPS) is 23.8. The van der Waals surface area contributed by atoms with Crippen molar-refractivity contribution >= 4 is 164 Å². The van der Waals surface area contributed by atoms with Crippen LogP contribution in [-0.4, -0.2) is 337 Å². The molecule has 0 radical (unpaired) electrons. The highest BCUT2D eigenvalue weighted by Crippen LogP contribution is 2.29. The van der Waals surface area contributed by atoms with Crippen LogP contribution in [0.1, 0.15) is 149 Å². The number of aromatic amines is 1. The van der Waals surface area contributed by atoms with E-state index < -0.39 is 296 Å². The van der Waals surface area contributed by atoms with Crippen molar-refractivity contribution in [1.29, 1.82) is 0 Å². The predicted molar refractivity (Wildman–Crippen MR) is 525 cm³/mol. The minimum atomic E-state index is -1.97. The summed E-state index contributed by atoms with van der Waals surface area (Å²) < 4.78 is 6.57. The average Bonchev–Trinajstić information content (AvgIpc) is 1.43. The zero-order valence-corrected chi connectivity index (χ0v) is 83.9. The summed E-state index contributed by atoms with van der Waals surface area (Å²) in [6.45, 7) is 8.13. The van der Waals surface area contributed by atoms with E-state index in [1.807, 2.05) is 13.8 Å². The standard InChI is InChI=1S/C96H135N23O25S/c1-12-14-24-71-87(134)107-62(35-50(3)4)84(131)113-69(82(129)104-44-76(98)123)48-145-49-77(124)105-65(37-53-28-30-56(120)31-29-53)92(139)114(8)52(7)81(128)109-67(41-75(97)122)94(141)118-34-20-27-72(118)88(135)112-68(43-103-91(138)80(100)127)86(133)110-64(36-51(5)6)95(142)119-46-57(121)40-74(119)89(136)108-63(38-54-42-102-60-23-18-16-21-58(54)60)85(132)106-61(32-33-101-90(137)79(99)126)83(130)111-66(93(140)116(10)73(25-15-13-2)96(143)115(71)9)39-55-45-117(47-78(125)144-11)70-26-19-17-22-59(55)70/h16-19,21-23,26,28-31,42,45,50-52,57,61-69,71-74,102,120-121H,12-15,20,24-25,27,32-41,43-44,46-49H2,1-11H3,(H2,97,122)(H2,98,123)(H2,99,126)(H2,100,127)(H,101,137)(H,103,138)(H,104,129)(H,105,124)(H,106,132)(H,107,134)(H,108,136)(H,109,128)(H,110,133)(H,111,130)(H,112,135)(H,113,131)/t52-,57+,61-,62-,63-,64-,65-,66-,67-,68-,69-,71-,72-,73-,74-/m0/s1. The fourth-order valence-electron chi connectivity index (χ4n) is 17.4. The first-order valence-corrected chi connectivity index (χ1v) is 49.2. The van der Waals surface area contributed by atoms with E-state index in [1.165, 1.54) is 76.4 Å². The van der Waals surface area contributed by atoms with E-state index in [9.17, 15) is 77.3 Å².